The first kappa shape index (κ1) is 20.9. The molecule has 26 heavy (non-hydrogen) atoms. The molecule has 4 nitrogen and oxygen atoms in total. The normalized spacial score (nSPS) is 16.8. The number of imide groups is 1. The smallest absolute Gasteiger partial charge is 0.335 e. The Hall–Kier alpha value is -1.41. The minimum atomic E-state index is -4.57. The number of alkyl halides is 3. The molecule has 0 bridgehead atoms. The second-order valence-electron chi connectivity index (χ2n) is 6.20. The number of amides is 3. The molecule has 3 amide bonds. The van der Waals surface area contributed by atoms with Gasteiger partial charge in [0.2, 0.25) is 5.91 Å². The van der Waals surface area contributed by atoms with E-state index in [1.54, 1.807) is 0 Å². The SMILES string of the molecule is C[C@H](Sc1ccc(Cl)c(C(F)(F)F)c1)C(=O)NC(=O)NC1CCCCC1. The van der Waals surface area contributed by atoms with Gasteiger partial charge in [-0.15, -0.1) is 11.8 Å². The van der Waals surface area contributed by atoms with E-state index in [-0.39, 0.29) is 10.9 Å². The van der Waals surface area contributed by atoms with Crippen molar-refractivity contribution in [1.82, 2.24) is 10.6 Å². The molecule has 1 aliphatic rings. The average molecular weight is 409 g/mol. The zero-order valence-electron chi connectivity index (χ0n) is 14.2. The molecule has 9 heteroatoms. The molecule has 144 valence electrons. The number of thioether (sulfide) groups is 1. The van der Waals surface area contributed by atoms with Gasteiger partial charge < -0.3 is 5.32 Å². The van der Waals surface area contributed by atoms with Gasteiger partial charge in [0.25, 0.3) is 0 Å². The quantitative estimate of drug-likeness (QED) is 0.689. The second kappa shape index (κ2) is 8.99. The Kier molecular flexibility index (Phi) is 7.23. The molecule has 0 radical (unpaired) electrons. The summed E-state index contributed by atoms with van der Waals surface area (Å²) in [5, 5.41) is 3.87. The highest BCUT2D eigenvalue weighted by atomic mass is 35.5. The Morgan fingerprint density at radius 3 is 2.50 bits per heavy atom. The molecule has 0 spiro atoms. The van der Waals surface area contributed by atoms with Gasteiger partial charge >= 0.3 is 12.2 Å². The second-order valence-corrected chi connectivity index (χ2v) is 8.02. The number of carbonyl (C=O) groups excluding carboxylic acids is 2. The van der Waals surface area contributed by atoms with E-state index in [4.69, 9.17) is 11.6 Å². The number of carbonyl (C=O) groups is 2. The maximum atomic E-state index is 12.9. The Balaban J connectivity index is 1.91. The van der Waals surface area contributed by atoms with E-state index >= 15 is 0 Å². The van der Waals surface area contributed by atoms with Crippen molar-refractivity contribution in [1.29, 1.82) is 0 Å². The maximum Gasteiger partial charge on any atom is 0.417 e. The van der Waals surface area contributed by atoms with Crippen LogP contribution in [0.15, 0.2) is 23.1 Å². The van der Waals surface area contributed by atoms with Crippen LogP contribution in [0.5, 0.6) is 0 Å². The van der Waals surface area contributed by atoms with Gasteiger partial charge in [0.15, 0.2) is 0 Å². The van der Waals surface area contributed by atoms with Gasteiger partial charge in [-0.1, -0.05) is 30.9 Å². The fourth-order valence-electron chi connectivity index (χ4n) is 2.73. The summed E-state index contributed by atoms with van der Waals surface area (Å²) in [6.45, 7) is 1.52. The molecule has 0 aliphatic heterocycles. The topological polar surface area (TPSA) is 58.2 Å². The predicted octanol–water partition coefficient (Wildman–Crippen LogP) is 5.00. The molecule has 0 aromatic heterocycles. The van der Waals surface area contributed by atoms with E-state index in [0.717, 1.165) is 56.0 Å². The molecule has 1 saturated carbocycles. The monoisotopic (exact) mass is 408 g/mol. The van der Waals surface area contributed by atoms with Crippen molar-refractivity contribution in [3.8, 4) is 0 Å². The van der Waals surface area contributed by atoms with Crippen LogP contribution < -0.4 is 10.6 Å². The molecule has 0 unspecified atom stereocenters. The van der Waals surface area contributed by atoms with E-state index < -0.39 is 34.0 Å². The Morgan fingerprint density at radius 1 is 1.23 bits per heavy atom. The standard InChI is InChI=1S/C17H20ClF3N2O2S/c1-10(15(24)23-16(25)22-11-5-3-2-4-6-11)26-12-7-8-14(18)13(9-12)17(19,20)21/h7-11H,2-6H2,1H3,(H2,22,23,24,25)/t10-/m0/s1. The molecule has 0 saturated heterocycles. The number of hydrogen-bond donors (Lipinski definition) is 2. The van der Waals surface area contributed by atoms with Crippen molar-refractivity contribution < 1.29 is 22.8 Å². The lowest BCUT2D eigenvalue weighted by molar-refractivity contribution is -0.137. The summed E-state index contributed by atoms with van der Waals surface area (Å²) >= 11 is 6.51. The highest BCUT2D eigenvalue weighted by molar-refractivity contribution is 8.00. The molecule has 1 aromatic rings. The number of nitrogens with one attached hydrogen (secondary N) is 2. The van der Waals surface area contributed by atoms with Crippen LogP contribution in [-0.2, 0) is 11.0 Å². The Morgan fingerprint density at radius 2 is 1.88 bits per heavy atom. The average Bonchev–Trinajstić information content (AvgIpc) is 2.56. The third-order valence-corrected chi connectivity index (χ3v) is 5.53. The van der Waals surface area contributed by atoms with Crippen LogP contribution in [-0.4, -0.2) is 23.2 Å². The molecule has 0 heterocycles. The summed E-state index contributed by atoms with van der Waals surface area (Å²) in [5.41, 5.74) is -0.952. The fraction of sp³-hybridized carbons (Fsp3) is 0.529. The van der Waals surface area contributed by atoms with Gasteiger partial charge in [-0.05, 0) is 38.0 Å². The minimum absolute atomic E-state index is 0.0603. The van der Waals surface area contributed by atoms with E-state index in [9.17, 15) is 22.8 Å². The molecule has 1 aliphatic carbocycles. The number of halogens is 4. The van der Waals surface area contributed by atoms with Gasteiger partial charge in [0.05, 0.1) is 15.8 Å². The lowest BCUT2D eigenvalue weighted by Crippen LogP contribution is -2.47. The summed E-state index contributed by atoms with van der Waals surface area (Å²) in [6.07, 6.45) is 0.437. The first-order valence-corrected chi connectivity index (χ1v) is 9.57. The van der Waals surface area contributed by atoms with Crippen molar-refractivity contribution in [2.24, 2.45) is 0 Å². The molecule has 1 fully saturated rings. The first-order valence-electron chi connectivity index (χ1n) is 8.31. The van der Waals surface area contributed by atoms with Crippen LogP contribution in [0.4, 0.5) is 18.0 Å². The molecule has 2 rings (SSSR count). The number of hydrogen-bond acceptors (Lipinski definition) is 3. The van der Waals surface area contributed by atoms with Crippen molar-refractivity contribution in [2.45, 2.75) is 61.4 Å². The van der Waals surface area contributed by atoms with Crippen LogP contribution in [0.1, 0.15) is 44.6 Å². The predicted molar refractivity (Wildman–Crippen MR) is 95.3 cm³/mol. The maximum absolute atomic E-state index is 12.9. The third kappa shape index (κ3) is 6.09. The molecule has 2 N–H and O–H groups in total. The van der Waals surface area contributed by atoms with E-state index in [1.807, 2.05) is 0 Å². The number of benzene rings is 1. The fourth-order valence-corrected chi connectivity index (χ4v) is 3.87. The van der Waals surface area contributed by atoms with Crippen molar-refractivity contribution in [3.05, 3.63) is 28.8 Å². The number of rotatable bonds is 4. The van der Waals surface area contributed by atoms with Crippen LogP contribution in [0.25, 0.3) is 0 Å². The molecule has 1 atom stereocenters. The lowest BCUT2D eigenvalue weighted by atomic mass is 9.96. The van der Waals surface area contributed by atoms with Crippen LogP contribution in [0.3, 0.4) is 0 Å². The van der Waals surface area contributed by atoms with Gasteiger partial charge in [-0.25, -0.2) is 4.79 Å². The lowest BCUT2D eigenvalue weighted by Gasteiger charge is -2.23. The van der Waals surface area contributed by atoms with Crippen LogP contribution >= 0.6 is 23.4 Å². The van der Waals surface area contributed by atoms with Gasteiger partial charge in [-0.2, -0.15) is 13.2 Å². The summed E-state index contributed by atoms with van der Waals surface area (Å²) in [7, 11) is 0. The van der Waals surface area contributed by atoms with Crippen molar-refractivity contribution in [3.63, 3.8) is 0 Å². The zero-order valence-corrected chi connectivity index (χ0v) is 15.7. The van der Waals surface area contributed by atoms with Gasteiger partial charge in [-0.3, -0.25) is 10.1 Å². The van der Waals surface area contributed by atoms with Gasteiger partial charge in [0.1, 0.15) is 0 Å². The Bertz CT molecular complexity index is 664. The van der Waals surface area contributed by atoms with E-state index in [0.29, 0.717) is 0 Å². The minimum Gasteiger partial charge on any atom is -0.335 e. The largest absolute Gasteiger partial charge is 0.417 e. The van der Waals surface area contributed by atoms with Crippen LogP contribution in [0.2, 0.25) is 5.02 Å². The summed E-state index contributed by atoms with van der Waals surface area (Å²) in [5.74, 6) is -0.563. The highest BCUT2D eigenvalue weighted by Crippen LogP contribution is 2.37. The van der Waals surface area contributed by atoms with E-state index in [2.05, 4.69) is 10.6 Å². The van der Waals surface area contributed by atoms with Crippen molar-refractivity contribution in [2.75, 3.05) is 0 Å². The third-order valence-electron chi connectivity index (χ3n) is 4.10. The first-order chi connectivity index (χ1) is 12.2. The molecular formula is C17H20ClF3N2O2S. The summed E-state index contributed by atoms with van der Waals surface area (Å²) in [4.78, 5) is 24.2. The van der Waals surface area contributed by atoms with Crippen LogP contribution in [0, 0.1) is 0 Å². The molecule has 1 aromatic carbocycles. The zero-order chi connectivity index (χ0) is 19.3. The number of urea groups is 1. The van der Waals surface area contributed by atoms with Gasteiger partial charge in [0, 0.05) is 10.9 Å². The summed E-state index contributed by atoms with van der Waals surface area (Å²) in [6, 6.07) is 2.95. The van der Waals surface area contributed by atoms with E-state index in [1.165, 1.54) is 13.0 Å². The Labute approximate surface area is 159 Å². The highest BCUT2D eigenvalue weighted by Gasteiger charge is 2.33. The summed E-state index contributed by atoms with van der Waals surface area (Å²) < 4.78 is 38.7. The van der Waals surface area contributed by atoms with Crippen molar-refractivity contribution >= 4 is 35.3 Å². The molecular weight excluding hydrogens is 389 g/mol.